The van der Waals surface area contributed by atoms with Gasteiger partial charge >= 0.3 is 0 Å². The summed E-state index contributed by atoms with van der Waals surface area (Å²) < 4.78 is 7.40. The van der Waals surface area contributed by atoms with Gasteiger partial charge in [-0.05, 0) is 43.2 Å². The topological polar surface area (TPSA) is 67.7 Å². The second-order valence-electron chi connectivity index (χ2n) is 8.73. The number of para-hydroxylation sites is 2. The molecule has 5 rings (SSSR count). The number of amides is 2. The van der Waals surface area contributed by atoms with Gasteiger partial charge in [-0.1, -0.05) is 24.3 Å². The normalized spacial score (nSPS) is 19.2. The molecule has 0 spiro atoms. The molecule has 2 aliphatic heterocycles. The summed E-state index contributed by atoms with van der Waals surface area (Å²) >= 11 is 0. The zero-order valence-corrected chi connectivity index (χ0v) is 18.6. The Bertz CT molecular complexity index is 1180. The van der Waals surface area contributed by atoms with Gasteiger partial charge in [-0.15, -0.1) is 0 Å². The van der Waals surface area contributed by atoms with Crippen molar-refractivity contribution in [2.45, 2.75) is 32.7 Å². The number of morpholine rings is 1. The van der Waals surface area contributed by atoms with Crippen molar-refractivity contribution in [3.63, 3.8) is 0 Å². The Morgan fingerprint density at radius 3 is 2.72 bits per heavy atom. The molecule has 2 aliphatic rings. The number of aromatic nitrogens is 2. The van der Waals surface area contributed by atoms with E-state index in [2.05, 4.69) is 18.2 Å². The number of carbonyl (C=O) groups excluding carboxylic acids is 2. The van der Waals surface area contributed by atoms with Gasteiger partial charge in [0, 0.05) is 37.7 Å². The van der Waals surface area contributed by atoms with Crippen LogP contribution in [0.1, 0.15) is 29.3 Å². The zero-order valence-electron chi connectivity index (χ0n) is 18.6. The summed E-state index contributed by atoms with van der Waals surface area (Å²) in [6.07, 6.45) is 0.391. The molecular formula is C25H28N4O3. The Kier molecular flexibility index (Phi) is 5.43. The molecule has 1 atom stereocenters. The molecular weight excluding hydrogens is 404 g/mol. The van der Waals surface area contributed by atoms with E-state index in [1.165, 1.54) is 0 Å². The molecule has 0 saturated carbocycles. The van der Waals surface area contributed by atoms with Crippen LogP contribution >= 0.6 is 0 Å². The molecule has 2 amide bonds. The second kappa shape index (κ2) is 8.39. The largest absolute Gasteiger partial charge is 0.378 e. The third-order valence-electron chi connectivity index (χ3n) is 6.49. The van der Waals surface area contributed by atoms with E-state index < -0.39 is 0 Å². The first kappa shape index (κ1) is 20.7. The first-order valence-electron chi connectivity index (χ1n) is 11.2. The summed E-state index contributed by atoms with van der Waals surface area (Å²) in [6.45, 7) is 7.24. The summed E-state index contributed by atoms with van der Waals surface area (Å²) in [5.74, 6) is 0.913. The van der Waals surface area contributed by atoms with E-state index in [1.807, 2.05) is 52.5 Å². The molecule has 2 fully saturated rings. The number of anilines is 1. The Morgan fingerprint density at radius 2 is 1.91 bits per heavy atom. The predicted octanol–water partition coefficient (Wildman–Crippen LogP) is 3.03. The van der Waals surface area contributed by atoms with Gasteiger partial charge in [0.25, 0.3) is 0 Å². The fourth-order valence-electron chi connectivity index (χ4n) is 4.74. The van der Waals surface area contributed by atoms with Gasteiger partial charge in [0.2, 0.25) is 11.8 Å². The van der Waals surface area contributed by atoms with E-state index in [9.17, 15) is 9.59 Å². The lowest BCUT2D eigenvalue weighted by Gasteiger charge is -2.27. The standard InChI is InChI=1S/C25H28N4O3/c1-17-7-8-18(2)22(13-17)28-15-19(14-23(28)30)25-26-20-5-3-4-6-21(20)29(25)16-24(31)27-9-11-32-12-10-27/h3-8,13,19H,9-12,14-16H2,1-2H3. The van der Waals surface area contributed by atoms with Gasteiger partial charge in [-0.2, -0.15) is 0 Å². The Hall–Kier alpha value is -3.19. The van der Waals surface area contributed by atoms with Crippen LogP contribution in [0.2, 0.25) is 0 Å². The molecule has 0 radical (unpaired) electrons. The number of rotatable bonds is 4. The van der Waals surface area contributed by atoms with Crippen molar-refractivity contribution in [3.8, 4) is 0 Å². The minimum absolute atomic E-state index is 0.0627. The quantitative estimate of drug-likeness (QED) is 0.636. The van der Waals surface area contributed by atoms with Crippen molar-refractivity contribution >= 4 is 28.5 Å². The Morgan fingerprint density at radius 1 is 1.12 bits per heavy atom. The monoisotopic (exact) mass is 432 g/mol. The summed E-state index contributed by atoms with van der Waals surface area (Å²) in [5.41, 5.74) is 4.96. The third kappa shape index (κ3) is 3.77. The number of benzene rings is 2. The maximum Gasteiger partial charge on any atom is 0.242 e. The molecule has 7 heteroatoms. The van der Waals surface area contributed by atoms with Gasteiger partial charge in [0.05, 0.1) is 24.2 Å². The number of aryl methyl sites for hydroxylation is 2. The molecule has 3 aromatic rings. The molecule has 1 unspecified atom stereocenters. The SMILES string of the molecule is Cc1ccc(C)c(N2CC(c3nc4ccccc4n3CC(=O)N3CCOCC3)CC2=O)c1. The third-order valence-corrected chi connectivity index (χ3v) is 6.49. The summed E-state index contributed by atoms with van der Waals surface area (Å²) in [5, 5.41) is 0. The molecule has 3 heterocycles. The summed E-state index contributed by atoms with van der Waals surface area (Å²) in [6, 6.07) is 14.1. The van der Waals surface area contributed by atoms with Gasteiger partial charge in [0.15, 0.2) is 0 Å². The average molecular weight is 433 g/mol. The van der Waals surface area contributed by atoms with Crippen molar-refractivity contribution < 1.29 is 14.3 Å². The molecule has 1 aromatic heterocycles. The summed E-state index contributed by atoms with van der Waals surface area (Å²) in [4.78, 5) is 34.7. The van der Waals surface area contributed by atoms with Crippen molar-refractivity contribution in [3.05, 3.63) is 59.4 Å². The molecule has 2 aromatic carbocycles. The average Bonchev–Trinajstić information content (AvgIpc) is 3.36. The first-order valence-corrected chi connectivity index (χ1v) is 11.2. The fraction of sp³-hybridized carbons (Fsp3) is 0.400. The summed E-state index contributed by atoms with van der Waals surface area (Å²) in [7, 11) is 0. The van der Waals surface area contributed by atoms with Gasteiger partial charge < -0.3 is 19.1 Å². The lowest BCUT2D eigenvalue weighted by atomic mass is 10.1. The maximum absolute atomic E-state index is 13.1. The van der Waals surface area contributed by atoms with Gasteiger partial charge in [-0.25, -0.2) is 4.98 Å². The van der Waals surface area contributed by atoms with Gasteiger partial charge in [-0.3, -0.25) is 9.59 Å². The van der Waals surface area contributed by atoms with Crippen LogP contribution in [-0.2, 0) is 20.9 Å². The smallest absolute Gasteiger partial charge is 0.242 e. The van der Waals surface area contributed by atoms with Crippen LogP contribution in [0.5, 0.6) is 0 Å². The minimum Gasteiger partial charge on any atom is -0.378 e. The minimum atomic E-state index is -0.0627. The van der Waals surface area contributed by atoms with Gasteiger partial charge in [0.1, 0.15) is 12.4 Å². The predicted molar refractivity (Wildman–Crippen MR) is 123 cm³/mol. The highest BCUT2D eigenvalue weighted by atomic mass is 16.5. The van der Waals surface area contributed by atoms with Crippen molar-refractivity contribution in [2.75, 3.05) is 37.7 Å². The maximum atomic E-state index is 13.1. The van der Waals surface area contributed by atoms with E-state index in [0.29, 0.717) is 39.3 Å². The highest BCUT2D eigenvalue weighted by molar-refractivity contribution is 5.97. The van der Waals surface area contributed by atoms with Crippen LogP contribution in [-0.4, -0.2) is 59.1 Å². The van der Waals surface area contributed by atoms with Crippen molar-refractivity contribution in [2.24, 2.45) is 0 Å². The molecule has 0 aliphatic carbocycles. The highest BCUT2D eigenvalue weighted by Crippen LogP contribution is 2.35. The molecule has 2 saturated heterocycles. The number of nitrogens with zero attached hydrogens (tertiary/aromatic N) is 4. The Balaban J connectivity index is 1.47. The van der Waals surface area contributed by atoms with Crippen LogP contribution in [0.15, 0.2) is 42.5 Å². The van der Waals surface area contributed by atoms with Crippen LogP contribution in [0.4, 0.5) is 5.69 Å². The molecule has 32 heavy (non-hydrogen) atoms. The van der Waals surface area contributed by atoms with Crippen molar-refractivity contribution in [1.29, 1.82) is 0 Å². The number of carbonyl (C=O) groups is 2. The van der Waals surface area contributed by atoms with E-state index in [0.717, 1.165) is 33.7 Å². The van der Waals surface area contributed by atoms with E-state index >= 15 is 0 Å². The Labute approximate surface area is 187 Å². The van der Waals surface area contributed by atoms with Crippen molar-refractivity contribution in [1.82, 2.24) is 14.5 Å². The van der Waals surface area contributed by atoms with Crippen LogP contribution < -0.4 is 4.90 Å². The zero-order chi connectivity index (χ0) is 22.2. The van der Waals surface area contributed by atoms with Crippen LogP contribution in [0, 0.1) is 13.8 Å². The molecule has 166 valence electrons. The lowest BCUT2D eigenvalue weighted by Crippen LogP contribution is -2.42. The van der Waals surface area contributed by atoms with E-state index in [4.69, 9.17) is 9.72 Å². The van der Waals surface area contributed by atoms with Crippen LogP contribution in [0.3, 0.4) is 0 Å². The highest BCUT2D eigenvalue weighted by Gasteiger charge is 2.36. The first-order chi connectivity index (χ1) is 15.5. The molecule has 0 N–H and O–H groups in total. The number of ether oxygens (including phenoxy) is 1. The lowest BCUT2D eigenvalue weighted by molar-refractivity contribution is -0.135. The van der Waals surface area contributed by atoms with E-state index in [1.54, 1.807) is 0 Å². The number of imidazole rings is 1. The van der Waals surface area contributed by atoms with E-state index in [-0.39, 0.29) is 24.3 Å². The number of hydrogen-bond acceptors (Lipinski definition) is 4. The van der Waals surface area contributed by atoms with Crippen LogP contribution in [0.25, 0.3) is 11.0 Å². The second-order valence-corrected chi connectivity index (χ2v) is 8.73. The number of hydrogen-bond donors (Lipinski definition) is 0. The molecule has 0 bridgehead atoms. The fourth-order valence-corrected chi connectivity index (χ4v) is 4.74. The molecule has 7 nitrogen and oxygen atoms in total. The number of fused-ring (bicyclic) bond motifs is 1.